The summed E-state index contributed by atoms with van der Waals surface area (Å²) in [4.78, 5) is 11.4. The maximum absolute atomic E-state index is 4.73. The van der Waals surface area contributed by atoms with E-state index in [4.69, 9.17) is 4.98 Å². The van der Waals surface area contributed by atoms with Gasteiger partial charge < -0.3 is 10.2 Å². The largest absolute Gasteiger partial charge is 0.353 e. The van der Waals surface area contributed by atoms with Crippen molar-refractivity contribution in [1.29, 1.82) is 0 Å². The summed E-state index contributed by atoms with van der Waals surface area (Å²) in [5, 5.41) is 4.37. The molecule has 1 aromatic carbocycles. The van der Waals surface area contributed by atoms with Crippen molar-refractivity contribution in [2.24, 2.45) is 0 Å². The first-order valence-corrected chi connectivity index (χ1v) is 8.35. The number of nitrogens with zero attached hydrogens (tertiary/aromatic N) is 3. The molecule has 1 saturated heterocycles. The van der Waals surface area contributed by atoms with E-state index in [1.807, 2.05) is 12.4 Å². The Balaban J connectivity index is 1.55. The number of aromatic nitrogens is 2. The van der Waals surface area contributed by atoms with Crippen LogP contribution in [0.25, 0.3) is 0 Å². The first-order chi connectivity index (χ1) is 10.4. The molecule has 0 unspecified atom stereocenters. The molecule has 1 aliphatic heterocycles. The van der Waals surface area contributed by atoms with Crippen molar-refractivity contribution < 1.29 is 0 Å². The number of piperazine rings is 1. The fraction of sp³-hybridized carbons (Fsp3) is 0.375. The molecule has 0 bridgehead atoms. The van der Waals surface area contributed by atoms with Gasteiger partial charge in [-0.3, -0.25) is 4.98 Å². The molecule has 0 aliphatic carbocycles. The van der Waals surface area contributed by atoms with E-state index in [1.165, 1.54) is 5.56 Å². The quantitative estimate of drug-likeness (QED) is 0.858. The van der Waals surface area contributed by atoms with Crippen molar-refractivity contribution in [3.05, 3.63) is 48.3 Å². The maximum Gasteiger partial charge on any atom is 0.148 e. The standard InChI is InChI=1S/C16H20N4S/c1-2-4-14(5-3-1)6-11-21-16-13-18-12-15(19-16)20-9-7-17-8-10-20/h1-5,12-13,17H,6-11H2. The smallest absolute Gasteiger partial charge is 0.148 e. The van der Waals surface area contributed by atoms with Crippen molar-refractivity contribution in [2.75, 3.05) is 36.8 Å². The van der Waals surface area contributed by atoms with Gasteiger partial charge in [-0.1, -0.05) is 30.3 Å². The molecular formula is C16H20N4S. The predicted molar refractivity (Wildman–Crippen MR) is 88.0 cm³/mol. The Bertz CT molecular complexity index is 555. The van der Waals surface area contributed by atoms with Gasteiger partial charge in [-0.2, -0.15) is 0 Å². The topological polar surface area (TPSA) is 41.1 Å². The Morgan fingerprint density at radius 3 is 2.71 bits per heavy atom. The van der Waals surface area contributed by atoms with E-state index in [0.29, 0.717) is 0 Å². The van der Waals surface area contributed by atoms with E-state index < -0.39 is 0 Å². The third kappa shape index (κ3) is 4.19. The number of aryl methyl sites for hydroxylation is 1. The van der Waals surface area contributed by atoms with Crippen molar-refractivity contribution in [2.45, 2.75) is 11.4 Å². The summed E-state index contributed by atoms with van der Waals surface area (Å²) in [6.45, 7) is 4.06. The van der Waals surface area contributed by atoms with Crippen molar-refractivity contribution in [3.63, 3.8) is 0 Å². The van der Waals surface area contributed by atoms with Gasteiger partial charge in [0.25, 0.3) is 0 Å². The van der Waals surface area contributed by atoms with Crippen LogP contribution < -0.4 is 10.2 Å². The van der Waals surface area contributed by atoms with Gasteiger partial charge in [-0.15, -0.1) is 11.8 Å². The molecule has 0 radical (unpaired) electrons. The van der Waals surface area contributed by atoms with Crippen LogP contribution in [0.5, 0.6) is 0 Å². The molecule has 3 rings (SSSR count). The van der Waals surface area contributed by atoms with Gasteiger partial charge in [-0.05, 0) is 12.0 Å². The summed E-state index contributed by atoms with van der Waals surface area (Å²) < 4.78 is 0. The SMILES string of the molecule is c1ccc(CCSc2cncc(N3CCNCC3)n2)cc1. The van der Waals surface area contributed by atoms with E-state index in [-0.39, 0.29) is 0 Å². The summed E-state index contributed by atoms with van der Waals surface area (Å²) in [5.41, 5.74) is 1.37. The molecule has 0 amide bonds. The highest BCUT2D eigenvalue weighted by Crippen LogP contribution is 2.19. The van der Waals surface area contributed by atoms with Crippen molar-refractivity contribution >= 4 is 17.6 Å². The van der Waals surface area contributed by atoms with Crippen LogP contribution >= 0.6 is 11.8 Å². The minimum atomic E-state index is 1.00. The highest BCUT2D eigenvalue weighted by Gasteiger charge is 2.12. The van der Waals surface area contributed by atoms with E-state index >= 15 is 0 Å². The first-order valence-electron chi connectivity index (χ1n) is 7.36. The lowest BCUT2D eigenvalue weighted by Crippen LogP contribution is -2.43. The second kappa shape index (κ2) is 7.43. The second-order valence-electron chi connectivity index (χ2n) is 5.04. The number of thioether (sulfide) groups is 1. The van der Waals surface area contributed by atoms with Crippen LogP contribution in [-0.4, -0.2) is 41.9 Å². The van der Waals surface area contributed by atoms with Gasteiger partial charge in [0.2, 0.25) is 0 Å². The fourth-order valence-corrected chi connectivity index (χ4v) is 3.21. The lowest BCUT2D eigenvalue weighted by molar-refractivity contribution is 0.583. The number of benzene rings is 1. The summed E-state index contributed by atoms with van der Waals surface area (Å²) in [6, 6.07) is 10.6. The Morgan fingerprint density at radius 1 is 1.10 bits per heavy atom. The zero-order valence-corrected chi connectivity index (χ0v) is 12.9. The minimum absolute atomic E-state index is 1.00. The van der Waals surface area contributed by atoms with Gasteiger partial charge >= 0.3 is 0 Å². The summed E-state index contributed by atoms with van der Waals surface area (Å²) >= 11 is 1.78. The second-order valence-corrected chi connectivity index (χ2v) is 6.15. The lowest BCUT2D eigenvalue weighted by atomic mass is 10.2. The van der Waals surface area contributed by atoms with Crippen LogP contribution in [0.3, 0.4) is 0 Å². The lowest BCUT2D eigenvalue weighted by Gasteiger charge is -2.28. The molecule has 21 heavy (non-hydrogen) atoms. The van der Waals surface area contributed by atoms with Crippen molar-refractivity contribution in [3.8, 4) is 0 Å². The summed E-state index contributed by atoms with van der Waals surface area (Å²) in [7, 11) is 0. The van der Waals surface area contributed by atoms with Gasteiger partial charge in [0, 0.05) is 31.9 Å². The number of nitrogens with one attached hydrogen (secondary N) is 1. The molecule has 0 atom stereocenters. The number of hydrogen-bond acceptors (Lipinski definition) is 5. The Labute approximate surface area is 130 Å². The zero-order valence-electron chi connectivity index (χ0n) is 12.0. The van der Waals surface area contributed by atoms with Crippen LogP contribution in [0.2, 0.25) is 0 Å². The summed E-state index contributed by atoms with van der Waals surface area (Å²) in [5.74, 6) is 2.03. The molecule has 5 heteroatoms. The van der Waals surface area contributed by atoms with E-state index in [1.54, 1.807) is 11.8 Å². The van der Waals surface area contributed by atoms with Gasteiger partial charge in [0.15, 0.2) is 0 Å². The third-order valence-corrected chi connectivity index (χ3v) is 4.42. The Hall–Kier alpha value is -1.59. The average molecular weight is 300 g/mol. The van der Waals surface area contributed by atoms with Gasteiger partial charge in [0.1, 0.15) is 10.8 Å². The molecule has 4 nitrogen and oxygen atoms in total. The van der Waals surface area contributed by atoms with Crippen LogP contribution in [-0.2, 0) is 6.42 Å². The van der Waals surface area contributed by atoms with Gasteiger partial charge in [0.05, 0.1) is 12.4 Å². The molecule has 1 aromatic heterocycles. The first kappa shape index (κ1) is 14.4. The minimum Gasteiger partial charge on any atom is -0.353 e. The molecule has 2 aromatic rings. The highest BCUT2D eigenvalue weighted by molar-refractivity contribution is 7.99. The van der Waals surface area contributed by atoms with Crippen LogP contribution in [0.4, 0.5) is 5.82 Å². The molecule has 0 spiro atoms. The zero-order chi connectivity index (χ0) is 14.3. The number of rotatable bonds is 5. The number of hydrogen-bond donors (Lipinski definition) is 1. The average Bonchev–Trinajstić information content (AvgIpc) is 2.57. The molecule has 2 heterocycles. The monoisotopic (exact) mass is 300 g/mol. The van der Waals surface area contributed by atoms with Crippen LogP contribution in [0.15, 0.2) is 47.8 Å². The molecule has 1 fully saturated rings. The molecule has 0 saturated carbocycles. The maximum atomic E-state index is 4.73. The Kier molecular flexibility index (Phi) is 5.08. The van der Waals surface area contributed by atoms with E-state index in [2.05, 4.69) is 45.5 Å². The van der Waals surface area contributed by atoms with Crippen LogP contribution in [0, 0.1) is 0 Å². The van der Waals surface area contributed by atoms with Crippen molar-refractivity contribution in [1.82, 2.24) is 15.3 Å². The van der Waals surface area contributed by atoms with Crippen LogP contribution in [0.1, 0.15) is 5.56 Å². The molecular weight excluding hydrogens is 280 g/mol. The van der Waals surface area contributed by atoms with Gasteiger partial charge in [-0.25, -0.2) is 4.98 Å². The summed E-state index contributed by atoms with van der Waals surface area (Å²) in [6.07, 6.45) is 4.79. The van der Waals surface area contributed by atoms with E-state index in [0.717, 1.165) is 49.2 Å². The normalized spacial score (nSPS) is 15.1. The van der Waals surface area contributed by atoms with E-state index in [9.17, 15) is 0 Å². The molecule has 1 N–H and O–H groups in total. The number of anilines is 1. The Morgan fingerprint density at radius 2 is 1.90 bits per heavy atom. The third-order valence-electron chi connectivity index (χ3n) is 3.52. The molecule has 1 aliphatic rings. The highest BCUT2D eigenvalue weighted by atomic mass is 32.2. The fourth-order valence-electron chi connectivity index (χ4n) is 2.37. The predicted octanol–water partition coefficient (Wildman–Crippen LogP) is 2.22. The molecule has 110 valence electrons.